The maximum Gasteiger partial charge on any atom is 0.339 e. The van der Waals surface area contributed by atoms with Crippen molar-refractivity contribution in [1.82, 2.24) is 19.6 Å². The van der Waals surface area contributed by atoms with Gasteiger partial charge < -0.3 is 5.11 Å². The summed E-state index contributed by atoms with van der Waals surface area (Å²) in [6.07, 6.45) is 1.26. The summed E-state index contributed by atoms with van der Waals surface area (Å²) in [5.41, 5.74) is 0.454. The molecule has 0 fully saturated rings. The minimum atomic E-state index is -1.13. The monoisotopic (exact) mass is 293 g/mol. The molecule has 0 spiro atoms. The highest BCUT2D eigenvalue weighted by atomic mass is 16.6. The van der Waals surface area contributed by atoms with Crippen molar-refractivity contribution < 1.29 is 14.8 Å². The lowest BCUT2D eigenvalue weighted by Crippen LogP contribution is -2.06. The third-order valence-electron chi connectivity index (χ3n) is 3.09. The van der Waals surface area contributed by atoms with Crippen LogP contribution < -0.4 is 0 Å². The van der Waals surface area contributed by atoms with E-state index in [0.29, 0.717) is 5.69 Å². The summed E-state index contributed by atoms with van der Waals surface area (Å²) >= 11 is 0. The van der Waals surface area contributed by atoms with Crippen LogP contribution in [-0.2, 0) is 7.05 Å². The van der Waals surface area contributed by atoms with Crippen LogP contribution in [0.15, 0.2) is 6.20 Å². The van der Waals surface area contributed by atoms with Gasteiger partial charge in [-0.1, -0.05) is 13.8 Å². The van der Waals surface area contributed by atoms with Gasteiger partial charge in [0, 0.05) is 19.2 Å². The Morgan fingerprint density at radius 2 is 2.05 bits per heavy atom. The van der Waals surface area contributed by atoms with Gasteiger partial charge in [0.05, 0.1) is 10.6 Å². The first-order valence-electron chi connectivity index (χ1n) is 6.25. The summed E-state index contributed by atoms with van der Waals surface area (Å²) in [7, 11) is 1.56. The number of nitro groups is 1. The van der Waals surface area contributed by atoms with Crippen LogP contribution in [0.25, 0.3) is 5.82 Å². The van der Waals surface area contributed by atoms with E-state index in [0.717, 1.165) is 0 Å². The Morgan fingerprint density at radius 3 is 2.48 bits per heavy atom. The standard InChI is InChI=1S/C12H15N5O4/c1-6(2)9-10(17(20)21)11(15(4)14-9)16-5-8(12(18)19)7(3)13-16/h5-6H,1-4H3,(H,18,19). The minimum absolute atomic E-state index is 0.00315. The number of hydrogen-bond donors (Lipinski definition) is 1. The maximum absolute atomic E-state index is 11.4. The molecule has 0 atom stereocenters. The van der Waals surface area contributed by atoms with Gasteiger partial charge in [0.2, 0.25) is 5.82 Å². The molecule has 0 aliphatic rings. The molecule has 21 heavy (non-hydrogen) atoms. The van der Waals surface area contributed by atoms with Crippen molar-refractivity contribution in [3.63, 3.8) is 0 Å². The number of carbonyl (C=O) groups is 1. The average Bonchev–Trinajstić information content (AvgIpc) is 2.89. The Kier molecular flexibility index (Phi) is 3.50. The summed E-state index contributed by atoms with van der Waals surface area (Å²) in [4.78, 5) is 21.9. The largest absolute Gasteiger partial charge is 0.478 e. The summed E-state index contributed by atoms with van der Waals surface area (Å²) in [6.45, 7) is 5.14. The smallest absolute Gasteiger partial charge is 0.339 e. The number of carboxylic acid groups (broad SMARTS) is 1. The molecule has 0 saturated carbocycles. The van der Waals surface area contributed by atoms with Crippen molar-refractivity contribution in [2.75, 3.05) is 0 Å². The first-order chi connectivity index (χ1) is 9.73. The van der Waals surface area contributed by atoms with Crippen LogP contribution in [0.4, 0.5) is 5.69 Å². The molecule has 1 N–H and O–H groups in total. The third kappa shape index (κ3) is 2.37. The summed E-state index contributed by atoms with van der Waals surface area (Å²) in [6, 6.07) is 0. The molecule has 2 aromatic rings. The summed E-state index contributed by atoms with van der Waals surface area (Å²) in [5.74, 6) is -1.13. The van der Waals surface area contributed by atoms with Gasteiger partial charge in [-0.15, -0.1) is 0 Å². The van der Waals surface area contributed by atoms with Gasteiger partial charge in [0.25, 0.3) is 0 Å². The highest BCUT2D eigenvalue weighted by Crippen LogP contribution is 2.31. The van der Waals surface area contributed by atoms with Crippen molar-refractivity contribution in [3.05, 3.63) is 33.3 Å². The molecular weight excluding hydrogens is 278 g/mol. The van der Waals surface area contributed by atoms with Crippen LogP contribution in [-0.4, -0.2) is 35.6 Å². The van der Waals surface area contributed by atoms with Gasteiger partial charge >= 0.3 is 11.7 Å². The van der Waals surface area contributed by atoms with E-state index in [1.807, 2.05) is 0 Å². The fourth-order valence-electron chi connectivity index (χ4n) is 2.12. The van der Waals surface area contributed by atoms with Crippen LogP contribution in [0.1, 0.15) is 41.5 Å². The number of aromatic nitrogens is 4. The third-order valence-corrected chi connectivity index (χ3v) is 3.09. The van der Waals surface area contributed by atoms with E-state index in [1.165, 1.54) is 22.5 Å². The van der Waals surface area contributed by atoms with E-state index < -0.39 is 10.9 Å². The quantitative estimate of drug-likeness (QED) is 0.676. The summed E-state index contributed by atoms with van der Waals surface area (Å²) < 4.78 is 2.53. The zero-order chi connectivity index (χ0) is 15.9. The number of rotatable bonds is 4. The number of nitrogens with zero attached hydrogens (tertiary/aromatic N) is 5. The van der Waals surface area contributed by atoms with Crippen molar-refractivity contribution >= 4 is 11.7 Å². The Hall–Kier alpha value is -2.71. The Labute approximate surface area is 120 Å². The first kappa shape index (κ1) is 14.7. The average molecular weight is 293 g/mol. The van der Waals surface area contributed by atoms with Crippen LogP contribution in [0.5, 0.6) is 0 Å². The molecule has 0 aromatic carbocycles. The highest BCUT2D eigenvalue weighted by molar-refractivity contribution is 5.88. The van der Waals surface area contributed by atoms with E-state index >= 15 is 0 Å². The fraction of sp³-hybridized carbons (Fsp3) is 0.417. The first-order valence-corrected chi connectivity index (χ1v) is 6.25. The number of carboxylic acids is 1. The zero-order valence-electron chi connectivity index (χ0n) is 12.1. The molecule has 0 aliphatic heterocycles. The molecule has 0 amide bonds. The normalized spacial score (nSPS) is 11.1. The lowest BCUT2D eigenvalue weighted by Gasteiger charge is -2.01. The minimum Gasteiger partial charge on any atom is -0.478 e. The van der Waals surface area contributed by atoms with Crippen LogP contribution >= 0.6 is 0 Å². The Bertz CT molecular complexity index is 728. The predicted octanol–water partition coefficient (Wildman–Crippen LogP) is 1.64. The fourth-order valence-corrected chi connectivity index (χ4v) is 2.12. The van der Waals surface area contributed by atoms with Crippen molar-refractivity contribution in [2.45, 2.75) is 26.7 Å². The number of aryl methyl sites for hydroxylation is 2. The summed E-state index contributed by atoms with van der Waals surface area (Å²) in [5, 5.41) is 28.6. The second kappa shape index (κ2) is 5.00. The zero-order valence-corrected chi connectivity index (χ0v) is 12.1. The van der Waals surface area contributed by atoms with Gasteiger partial charge in [-0.25, -0.2) is 14.2 Å². The molecule has 0 bridgehead atoms. The van der Waals surface area contributed by atoms with Crippen LogP contribution in [0.2, 0.25) is 0 Å². The predicted molar refractivity (Wildman–Crippen MR) is 72.8 cm³/mol. The van der Waals surface area contributed by atoms with Crippen molar-refractivity contribution in [2.24, 2.45) is 7.05 Å². The van der Waals surface area contributed by atoms with E-state index in [9.17, 15) is 14.9 Å². The molecule has 0 saturated heterocycles. The van der Waals surface area contributed by atoms with Crippen LogP contribution in [0, 0.1) is 17.0 Å². The Balaban J connectivity index is 2.72. The molecule has 0 unspecified atom stereocenters. The molecule has 2 heterocycles. The van der Waals surface area contributed by atoms with Gasteiger partial charge in [0.1, 0.15) is 11.3 Å². The molecule has 0 aliphatic carbocycles. The van der Waals surface area contributed by atoms with Gasteiger partial charge in [-0.05, 0) is 6.92 Å². The van der Waals surface area contributed by atoms with E-state index in [-0.39, 0.29) is 28.7 Å². The number of hydrogen-bond acceptors (Lipinski definition) is 5. The lowest BCUT2D eigenvalue weighted by molar-refractivity contribution is -0.385. The topological polar surface area (TPSA) is 116 Å². The van der Waals surface area contributed by atoms with Crippen molar-refractivity contribution in [1.29, 1.82) is 0 Å². The van der Waals surface area contributed by atoms with E-state index in [1.54, 1.807) is 20.9 Å². The molecule has 2 rings (SSSR count). The van der Waals surface area contributed by atoms with Gasteiger partial charge in [-0.2, -0.15) is 10.2 Å². The molecule has 112 valence electrons. The number of aromatic carboxylic acids is 1. The molecule has 2 aromatic heterocycles. The van der Waals surface area contributed by atoms with Gasteiger partial charge in [-0.3, -0.25) is 10.1 Å². The van der Waals surface area contributed by atoms with Crippen molar-refractivity contribution in [3.8, 4) is 5.82 Å². The Morgan fingerprint density at radius 1 is 1.43 bits per heavy atom. The molecule has 9 nitrogen and oxygen atoms in total. The molecule has 9 heteroatoms. The SMILES string of the molecule is Cc1nn(-c2c([N+](=O)[O-])c(C(C)C)nn2C)cc1C(=O)O. The second-order valence-electron chi connectivity index (χ2n) is 4.97. The lowest BCUT2D eigenvalue weighted by atomic mass is 10.1. The van der Waals surface area contributed by atoms with E-state index in [2.05, 4.69) is 10.2 Å². The van der Waals surface area contributed by atoms with Gasteiger partial charge in [0.15, 0.2) is 0 Å². The second-order valence-corrected chi connectivity index (χ2v) is 4.97. The van der Waals surface area contributed by atoms with E-state index in [4.69, 9.17) is 5.11 Å². The maximum atomic E-state index is 11.4. The molecular formula is C12H15N5O4. The van der Waals surface area contributed by atoms with Crippen LogP contribution in [0.3, 0.4) is 0 Å². The molecule has 0 radical (unpaired) electrons. The highest BCUT2D eigenvalue weighted by Gasteiger charge is 2.30.